The molecule has 8 heteroatoms. The van der Waals surface area contributed by atoms with Crippen molar-refractivity contribution in [2.24, 2.45) is 0 Å². The van der Waals surface area contributed by atoms with Crippen LogP contribution in [0, 0.1) is 0 Å². The Morgan fingerprint density at radius 3 is 2.07 bits per heavy atom. The van der Waals surface area contributed by atoms with Gasteiger partial charge in [-0.15, -0.1) is 0 Å². The minimum Gasteiger partial charge on any atom is -0.491 e. The number of aliphatic hydroxyl groups excluding tert-OH is 1. The van der Waals surface area contributed by atoms with Gasteiger partial charge in [-0.05, 0) is 43.3 Å². The number of rotatable bonds is 6. The third kappa shape index (κ3) is 3.98. The molecule has 0 saturated heterocycles. The van der Waals surface area contributed by atoms with Crippen molar-refractivity contribution in [3.05, 3.63) is 63.1 Å². The maximum Gasteiger partial charge on any atom is 0.261 e. The highest BCUT2D eigenvalue weighted by Gasteiger charge is 2.37. The molecule has 1 aliphatic rings. The summed E-state index contributed by atoms with van der Waals surface area (Å²) in [7, 11) is 0. The van der Waals surface area contributed by atoms with E-state index in [9.17, 15) is 19.5 Å². The normalized spacial score (nSPS) is 14.3. The van der Waals surface area contributed by atoms with Crippen LogP contribution in [-0.2, 0) is 0 Å². The van der Waals surface area contributed by atoms with Crippen LogP contribution in [0.3, 0.4) is 0 Å². The van der Waals surface area contributed by atoms with Crippen LogP contribution in [0.5, 0.6) is 5.75 Å². The second kappa shape index (κ2) is 7.68. The van der Waals surface area contributed by atoms with E-state index in [1.54, 1.807) is 24.3 Å². The molecule has 0 aliphatic carbocycles. The Balaban J connectivity index is 1.63. The van der Waals surface area contributed by atoms with E-state index in [4.69, 9.17) is 27.9 Å². The van der Waals surface area contributed by atoms with E-state index >= 15 is 0 Å². The molecule has 27 heavy (non-hydrogen) atoms. The SMILES string of the molecule is CC(=O)c1ccc(OC[C@@H](O)CN2C(=O)c3cc(Cl)c(Cl)cc3C2=O)cc1. The molecule has 0 fully saturated rings. The van der Waals surface area contributed by atoms with Gasteiger partial charge in [-0.2, -0.15) is 0 Å². The molecule has 0 spiro atoms. The van der Waals surface area contributed by atoms with Gasteiger partial charge in [0.05, 0.1) is 27.7 Å². The summed E-state index contributed by atoms with van der Waals surface area (Å²) in [6.45, 7) is 1.10. The lowest BCUT2D eigenvalue weighted by Gasteiger charge is -2.18. The first-order chi connectivity index (χ1) is 12.8. The summed E-state index contributed by atoms with van der Waals surface area (Å²) in [5.74, 6) is -0.691. The Morgan fingerprint density at radius 2 is 1.59 bits per heavy atom. The number of hydrogen-bond acceptors (Lipinski definition) is 5. The van der Waals surface area contributed by atoms with Crippen molar-refractivity contribution in [2.75, 3.05) is 13.2 Å². The van der Waals surface area contributed by atoms with Crippen LogP contribution in [0.2, 0.25) is 10.0 Å². The highest BCUT2D eigenvalue weighted by Crippen LogP contribution is 2.31. The third-order valence-corrected chi connectivity index (χ3v) is 4.83. The lowest BCUT2D eigenvalue weighted by molar-refractivity contribution is 0.0457. The fourth-order valence-electron chi connectivity index (χ4n) is 2.69. The summed E-state index contributed by atoms with van der Waals surface area (Å²) < 4.78 is 5.45. The summed E-state index contributed by atoms with van der Waals surface area (Å²) in [5, 5.41) is 10.5. The van der Waals surface area contributed by atoms with E-state index in [0.29, 0.717) is 11.3 Å². The van der Waals surface area contributed by atoms with Crippen molar-refractivity contribution in [1.29, 1.82) is 0 Å². The number of ketones is 1. The van der Waals surface area contributed by atoms with E-state index in [-0.39, 0.29) is 40.1 Å². The number of carbonyl (C=O) groups is 3. The van der Waals surface area contributed by atoms with Gasteiger partial charge < -0.3 is 9.84 Å². The maximum atomic E-state index is 12.4. The number of ether oxygens (including phenoxy) is 1. The Kier molecular flexibility index (Phi) is 5.51. The quantitative estimate of drug-likeness (QED) is 0.586. The minimum absolute atomic E-state index is 0.0626. The van der Waals surface area contributed by atoms with Crippen LogP contribution in [-0.4, -0.2) is 46.9 Å². The standard InChI is InChI=1S/C19H15Cl2NO5/c1-10(23)11-2-4-13(5-3-11)27-9-12(24)8-22-18(25)14-6-16(20)17(21)7-15(14)19(22)26/h2-7,12,24H,8-9H2,1H3/t12-/m0/s1. The molecule has 0 unspecified atom stereocenters. The number of aliphatic hydroxyl groups is 1. The molecule has 3 rings (SSSR count). The van der Waals surface area contributed by atoms with Crippen molar-refractivity contribution in [3.8, 4) is 5.75 Å². The van der Waals surface area contributed by atoms with Gasteiger partial charge in [-0.1, -0.05) is 23.2 Å². The number of carbonyl (C=O) groups excluding carboxylic acids is 3. The zero-order chi connectivity index (χ0) is 19.7. The predicted molar refractivity (Wildman–Crippen MR) is 99.8 cm³/mol. The number of amides is 2. The lowest BCUT2D eigenvalue weighted by atomic mass is 10.1. The van der Waals surface area contributed by atoms with Crippen molar-refractivity contribution in [1.82, 2.24) is 4.90 Å². The Hall–Kier alpha value is -2.41. The first-order valence-electron chi connectivity index (χ1n) is 8.05. The second-order valence-corrected chi connectivity index (χ2v) is 6.89. The van der Waals surface area contributed by atoms with E-state index in [1.165, 1.54) is 19.1 Å². The van der Waals surface area contributed by atoms with Crippen LogP contribution < -0.4 is 4.74 Å². The Morgan fingerprint density at radius 1 is 1.07 bits per heavy atom. The monoisotopic (exact) mass is 407 g/mol. The van der Waals surface area contributed by atoms with Crippen LogP contribution in [0.25, 0.3) is 0 Å². The van der Waals surface area contributed by atoms with Gasteiger partial charge >= 0.3 is 0 Å². The second-order valence-electron chi connectivity index (χ2n) is 6.08. The summed E-state index contributed by atoms with van der Waals surface area (Å²) in [6, 6.07) is 9.13. The van der Waals surface area contributed by atoms with Crippen molar-refractivity contribution in [2.45, 2.75) is 13.0 Å². The van der Waals surface area contributed by atoms with Gasteiger partial charge in [0.2, 0.25) is 0 Å². The summed E-state index contributed by atoms with van der Waals surface area (Å²) >= 11 is 11.8. The minimum atomic E-state index is -1.09. The van der Waals surface area contributed by atoms with Gasteiger partial charge in [-0.3, -0.25) is 19.3 Å². The van der Waals surface area contributed by atoms with Gasteiger partial charge in [0.15, 0.2) is 5.78 Å². The topological polar surface area (TPSA) is 83.9 Å². The van der Waals surface area contributed by atoms with Gasteiger partial charge in [-0.25, -0.2) is 0 Å². The highest BCUT2D eigenvalue weighted by atomic mass is 35.5. The van der Waals surface area contributed by atoms with Gasteiger partial charge in [0.25, 0.3) is 11.8 Å². The number of nitrogens with zero attached hydrogens (tertiary/aromatic N) is 1. The molecule has 1 aliphatic heterocycles. The molecule has 2 amide bonds. The first kappa shape index (κ1) is 19.4. The lowest BCUT2D eigenvalue weighted by Crippen LogP contribution is -2.39. The molecule has 2 aromatic rings. The molecule has 6 nitrogen and oxygen atoms in total. The largest absolute Gasteiger partial charge is 0.491 e. The molecule has 0 radical (unpaired) electrons. The van der Waals surface area contributed by atoms with E-state index in [2.05, 4.69) is 0 Å². The molecule has 140 valence electrons. The summed E-state index contributed by atoms with van der Waals surface area (Å²) in [6.07, 6.45) is -1.09. The molecule has 0 saturated carbocycles. The Bertz CT molecular complexity index is 885. The molecule has 0 aromatic heterocycles. The number of halogens is 2. The van der Waals surface area contributed by atoms with Crippen molar-refractivity contribution in [3.63, 3.8) is 0 Å². The molecular formula is C19H15Cl2NO5. The molecule has 1 N–H and O–H groups in total. The first-order valence-corrected chi connectivity index (χ1v) is 8.80. The zero-order valence-corrected chi connectivity index (χ0v) is 15.8. The van der Waals surface area contributed by atoms with Crippen LogP contribution >= 0.6 is 23.2 Å². The Labute approximate surface area is 165 Å². The number of β-amino-alcohol motifs (C(OH)–C–C–N with tert-alkyl or cyclic N) is 1. The molecule has 2 aromatic carbocycles. The maximum absolute atomic E-state index is 12.4. The number of hydrogen-bond donors (Lipinski definition) is 1. The summed E-state index contributed by atoms with van der Waals surface area (Å²) in [5.41, 5.74) is 0.857. The van der Waals surface area contributed by atoms with Gasteiger partial charge in [0, 0.05) is 5.56 Å². The average molecular weight is 408 g/mol. The van der Waals surface area contributed by atoms with Crippen molar-refractivity contribution >= 4 is 40.8 Å². The zero-order valence-electron chi connectivity index (χ0n) is 14.2. The van der Waals surface area contributed by atoms with Crippen LogP contribution in [0.15, 0.2) is 36.4 Å². The third-order valence-electron chi connectivity index (χ3n) is 4.11. The molecular weight excluding hydrogens is 393 g/mol. The van der Waals surface area contributed by atoms with E-state index in [0.717, 1.165) is 4.90 Å². The van der Waals surface area contributed by atoms with E-state index in [1.807, 2.05) is 0 Å². The van der Waals surface area contributed by atoms with Crippen LogP contribution in [0.1, 0.15) is 38.0 Å². The molecule has 0 bridgehead atoms. The highest BCUT2D eigenvalue weighted by molar-refractivity contribution is 6.43. The number of imide groups is 1. The fraction of sp³-hybridized carbons (Fsp3) is 0.211. The predicted octanol–water partition coefficient (Wildman–Crippen LogP) is 3.23. The molecule has 1 heterocycles. The average Bonchev–Trinajstić information content (AvgIpc) is 2.85. The number of Topliss-reactive ketones (excluding diaryl/α,β-unsaturated/α-hetero) is 1. The number of fused-ring (bicyclic) bond motifs is 1. The smallest absolute Gasteiger partial charge is 0.261 e. The van der Waals surface area contributed by atoms with Crippen molar-refractivity contribution < 1.29 is 24.2 Å². The molecule has 1 atom stereocenters. The summed E-state index contributed by atoms with van der Waals surface area (Å²) in [4.78, 5) is 37.0. The van der Waals surface area contributed by atoms with Crippen LogP contribution in [0.4, 0.5) is 0 Å². The fourth-order valence-corrected chi connectivity index (χ4v) is 3.02. The van der Waals surface area contributed by atoms with Gasteiger partial charge in [0.1, 0.15) is 18.5 Å². The van der Waals surface area contributed by atoms with E-state index < -0.39 is 17.9 Å². The number of benzene rings is 2.